The minimum absolute atomic E-state index is 0.0150. The molecule has 1 saturated carbocycles. The first kappa shape index (κ1) is 21.9. The number of nitrogens with one attached hydrogen (secondary N) is 1. The summed E-state index contributed by atoms with van der Waals surface area (Å²) in [5.41, 5.74) is 7.48. The molecule has 0 spiro atoms. The summed E-state index contributed by atoms with van der Waals surface area (Å²) in [6.07, 6.45) is 5.01. The highest BCUT2D eigenvalue weighted by molar-refractivity contribution is 6.07. The van der Waals surface area contributed by atoms with E-state index in [1.165, 1.54) is 0 Å². The van der Waals surface area contributed by atoms with Gasteiger partial charge in [0.15, 0.2) is 0 Å². The van der Waals surface area contributed by atoms with Crippen LogP contribution in [0.1, 0.15) is 68.1 Å². The highest BCUT2D eigenvalue weighted by Crippen LogP contribution is 2.37. The van der Waals surface area contributed by atoms with E-state index in [0.29, 0.717) is 28.8 Å². The number of benzene rings is 1. The highest BCUT2D eigenvalue weighted by atomic mass is 16.5. The number of hydrogen-bond acceptors (Lipinski definition) is 5. The molecule has 1 fully saturated rings. The Morgan fingerprint density at radius 1 is 1.30 bits per heavy atom. The number of nitrogens with two attached hydrogens (primary N) is 1. The number of carboxylic acid groups (broad SMARTS) is 1. The SMILES string of the molecule is CCc1ccc2nc(C)c(C(=O)O)c(N)c2c1OCC(C)(C)C(=O)NC1CCCC1. The minimum Gasteiger partial charge on any atom is -0.491 e. The van der Waals surface area contributed by atoms with Crippen molar-refractivity contribution in [2.45, 2.75) is 65.8 Å². The number of aromatic carboxylic acids is 1. The number of pyridine rings is 1. The second-order valence-corrected chi connectivity index (χ2v) is 8.72. The van der Waals surface area contributed by atoms with Crippen molar-refractivity contribution in [2.24, 2.45) is 5.41 Å². The number of aryl methyl sites for hydroxylation is 2. The zero-order valence-electron chi connectivity index (χ0n) is 18.2. The Balaban J connectivity index is 1.95. The normalized spacial score (nSPS) is 14.8. The fourth-order valence-electron chi connectivity index (χ4n) is 4.01. The maximum Gasteiger partial charge on any atom is 0.339 e. The number of nitrogen functional groups attached to an aromatic ring is 1. The van der Waals surface area contributed by atoms with Gasteiger partial charge in [-0.15, -0.1) is 0 Å². The van der Waals surface area contributed by atoms with Gasteiger partial charge in [0.1, 0.15) is 17.9 Å². The van der Waals surface area contributed by atoms with Crippen molar-refractivity contribution in [2.75, 3.05) is 12.3 Å². The van der Waals surface area contributed by atoms with Gasteiger partial charge in [-0.25, -0.2) is 4.79 Å². The van der Waals surface area contributed by atoms with Gasteiger partial charge >= 0.3 is 5.97 Å². The van der Waals surface area contributed by atoms with Crippen LogP contribution in [0.5, 0.6) is 5.75 Å². The van der Waals surface area contributed by atoms with E-state index < -0.39 is 11.4 Å². The van der Waals surface area contributed by atoms with Crippen LogP contribution in [0.15, 0.2) is 12.1 Å². The second kappa shape index (κ2) is 8.50. The second-order valence-electron chi connectivity index (χ2n) is 8.72. The van der Waals surface area contributed by atoms with Crippen LogP contribution < -0.4 is 15.8 Å². The molecule has 0 bridgehead atoms. The first-order chi connectivity index (χ1) is 14.2. The Kier molecular flexibility index (Phi) is 6.19. The maximum atomic E-state index is 12.8. The molecule has 7 heteroatoms. The van der Waals surface area contributed by atoms with Gasteiger partial charge in [-0.3, -0.25) is 9.78 Å². The molecule has 0 unspecified atom stereocenters. The number of aromatic nitrogens is 1. The van der Waals surface area contributed by atoms with Crippen LogP contribution in [0.4, 0.5) is 5.69 Å². The Bertz CT molecular complexity index is 978. The number of hydrogen-bond donors (Lipinski definition) is 3. The van der Waals surface area contributed by atoms with E-state index in [2.05, 4.69) is 10.3 Å². The lowest BCUT2D eigenvalue weighted by Crippen LogP contribution is -2.44. The fraction of sp³-hybridized carbons (Fsp3) is 0.522. The lowest BCUT2D eigenvalue weighted by atomic mass is 9.92. The molecule has 3 rings (SSSR count). The van der Waals surface area contributed by atoms with Crippen molar-refractivity contribution >= 4 is 28.5 Å². The van der Waals surface area contributed by atoms with Crippen molar-refractivity contribution in [3.63, 3.8) is 0 Å². The van der Waals surface area contributed by atoms with E-state index in [-0.39, 0.29) is 29.8 Å². The van der Waals surface area contributed by atoms with Crippen LogP contribution in [0, 0.1) is 12.3 Å². The van der Waals surface area contributed by atoms with Crippen molar-refractivity contribution in [1.82, 2.24) is 10.3 Å². The van der Waals surface area contributed by atoms with Crippen LogP contribution >= 0.6 is 0 Å². The molecule has 162 valence electrons. The van der Waals surface area contributed by atoms with Crippen LogP contribution in [0.3, 0.4) is 0 Å². The zero-order valence-corrected chi connectivity index (χ0v) is 18.2. The molecule has 0 aliphatic heterocycles. The number of carboxylic acids is 1. The zero-order chi connectivity index (χ0) is 22.1. The third-order valence-electron chi connectivity index (χ3n) is 5.88. The first-order valence-electron chi connectivity index (χ1n) is 10.5. The van der Waals surface area contributed by atoms with Crippen LogP contribution in [0.2, 0.25) is 0 Å². The lowest BCUT2D eigenvalue weighted by Gasteiger charge is -2.27. The largest absolute Gasteiger partial charge is 0.491 e. The number of carbonyl (C=O) groups excluding carboxylic acids is 1. The lowest BCUT2D eigenvalue weighted by molar-refractivity contribution is -0.131. The molecular weight excluding hydrogens is 382 g/mol. The molecule has 1 aromatic heterocycles. The monoisotopic (exact) mass is 413 g/mol. The summed E-state index contributed by atoms with van der Waals surface area (Å²) in [5, 5.41) is 13.2. The molecule has 0 radical (unpaired) electrons. The molecule has 7 nitrogen and oxygen atoms in total. The van der Waals surface area contributed by atoms with Crippen molar-refractivity contribution < 1.29 is 19.4 Å². The molecular formula is C23H31N3O4. The minimum atomic E-state index is -1.12. The highest BCUT2D eigenvalue weighted by Gasteiger charge is 2.32. The average molecular weight is 414 g/mol. The van der Waals surface area contributed by atoms with Crippen LogP contribution in [-0.4, -0.2) is 34.6 Å². The number of fused-ring (bicyclic) bond motifs is 1. The van der Waals surface area contributed by atoms with Gasteiger partial charge in [0, 0.05) is 6.04 Å². The average Bonchev–Trinajstić information content (AvgIpc) is 3.18. The van der Waals surface area contributed by atoms with E-state index in [1.807, 2.05) is 32.9 Å². The van der Waals surface area contributed by atoms with Gasteiger partial charge in [-0.05, 0) is 51.7 Å². The molecule has 2 aromatic rings. The third-order valence-corrected chi connectivity index (χ3v) is 5.88. The number of anilines is 1. The number of rotatable bonds is 7. The molecule has 1 heterocycles. The summed E-state index contributed by atoms with van der Waals surface area (Å²) in [4.78, 5) is 28.9. The van der Waals surface area contributed by atoms with Gasteiger partial charge in [0.05, 0.1) is 27.7 Å². The van der Waals surface area contributed by atoms with Gasteiger partial charge < -0.3 is 20.9 Å². The number of ether oxygens (including phenoxy) is 1. The van der Waals surface area contributed by atoms with Crippen molar-refractivity contribution in [3.05, 3.63) is 29.0 Å². The first-order valence-corrected chi connectivity index (χ1v) is 10.5. The summed E-state index contributed by atoms with van der Waals surface area (Å²) < 4.78 is 6.17. The molecule has 0 atom stereocenters. The number of carbonyl (C=O) groups is 2. The smallest absolute Gasteiger partial charge is 0.339 e. The van der Waals surface area contributed by atoms with E-state index >= 15 is 0 Å². The van der Waals surface area contributed by atoms with Gasteiger partial charge in [0.25, 0.3) is 0 Å². The number of amides is 1. The predicted octanol–water partition coefficient (Wildman–Crippen LogP) is 3.85. The van der Waals surface area contributed by atoms with Crippen LogP contribution in [0.25, 0.3) is 10.9 Å². The summed E-state index contributed by atoms with van der Waals surface area (Å²) in [6, 6.07) is 3.98. The molecule has 1 aromatic carbocycles. The quantitative estimate of drug-likeness (QED) is 0.635. The summed E-state index contributed by atoms with van der Waals surface area (Å²) in [7, 11) is 0. The van der Waals surface area contributed by atoms with Crippen molar-refractivity contribution in [3.8, 4) is 5.75 Å². The van der Waals surface area contributed by atoms with E-state index in [4.69, 9.17) is 10.5 Å². The maximum absolute atomic E-state index is 12.8. The Hall–Kier alpha value is -2.83. The topological polar surface area (TPSA) is 115 Å². The Morgan fingerprint density at radius 3 is 2.57 bits per heavy atom. The van der Waals surface area contributed by atoms with E-state index in [9.17, 15) is 14.7 Å². The molecule has 0 saturated heterocycles. The third kappa shape index (κ3) is 4.20. The molecule has 4 N–H and O–H groups in total. The summed E-state index contributed by atoms with van der Waals surface area (Å²) in [6.45, 7) is 7.46. The molecule has 1 aliphatic rings. The van der Waals surface area contributed by atoms with Gasteiger partial charge in [-0.1, -0.05) is 25.8 Å². The fourth-order valence-corrected chi connectivity index (χ4v) is 4.01. The summed E-state index contributed by atoms with van der Waals surface area (Å²) in [5.74, 6) is -0.659. The number of nitrogens with zero attached hydrogens (tertiary/aromatic N) is 1. The van der Waals surface area contributed by atoms with Crippen molar-refractivity contribution in [1.29, 1.82) is 0 Å². The van der Waals surface area contributed by atoms with Crippen LogP contribution in [-0.2, 0) is 11.2 Å². The van der Waals surface area contributed by atoms with E-state index in [0.717, 1.165) is 31.2 Å². The molecule has 30 heavy (non-hydrogen) atoms. The molecule has 1 aliphatic carbocycles. The van der Waals surface area contributed by atoms with Gasteiger partial charge in [0.2, 0.25) is 5.91 Å². The predicted molar refractivity (Wildman–Crippen MR) is 117 cm³/mol. The standard InChI is InChI=1S/C23H31N3O4/c1-5-14-10-11-16-18(19(24)17(21(27)28)13(2)25-16)20(14)30-12-23(3,4)22(29)26-15-8-6-7-9-15/h10-11,15H,5-9,12H2,1-4H3,(H2,24,25)(H,26,29)(H,27,28). The van der Waals surface area contributed by atoms with Gasteiger partial charge in [-0.2, -0.15) is 0 Å². The Labute approximate surface area is 177 Å². The Morgan fingerprint density at radius 2 is 1.97 bits per heavy atom. The molecule has 1 amide bonds. The summed E-state index contributed by atoms with van der Waals surface area (Å²) >= 11 is 0. The van der Waals surface area contributed by atoms with E-state index in [1.54, 1.807) is 6.92 Å².